The van der Waals surface area contributed by atoms with Gasteiger partial charge in [-0.3, -0.25) is 0 Å². The third-order valence-corrected chi connectivity index (χ3v) is 4.65. The third kappa shape index (κ3) is 4.83. The number of sulfone groups is 1. The minimum atomic E-state index is -2.96. The molecular weight excluding hydrogens is 224 g/mol. The second-order valence-corrected chi connectivity index (χ2v) is 8.38. The van der Waals surface area contributed by atoms with Gasteiger partial charge in [-0.25, -0.2) is 8.42 Å². The van der Waals surface area contributed by atoms with Crippen molar-refractivity contribution in [2.45, 2.75) is 58.0 Å². The van der Waals surface area contributed by atoms with Gasteiger partial charge < -0.3 is 5.11 Å². The lowest BCUT2D eigenvalue weighted by Gasteiger charge is -2.27. The highest BCUT2D eigenvalue weighted by Crippen LogP contribution is 2.39. The van der Waals surface area contributed by atoms with Crippen LogP contribution in [0.4, 0.5) is 0 Å². The van der Waals surface area contributed by atoms with Crippen molar-refractivity contribution in [3.63, 3.8) is 0 Å². The molecule has 1 fully saturated rings. The Hall–Kier alpha value is -0.0900. The quantitative estimate of drug-likeness (QED) is 0.779. The Labute approximate surface area is 99.2 Å². The summed E-state index contributed by atoms with van der Waals surface area (Å²) in [5.74, 6) is 0.101. The Balaban J connectivity index is 2.57. The summed E-state index contributed by atoms with van der Waals surface area (Å²) in [6.07, 6.45) is 6.19. The maximum atomic E-state index is 11.1. The molecule has 4 heteroatoms. The van der Waals surface area contributed by atoms with Gasteiger partial charge in [-0.05, 0) is 37.5 Å². The standard InChI is InChI=1S/C12H24O3S/c1-11(2)5-4-6-12(13,8-7-11)9-10-16(3,14)15/h13H,4-10H2,1-3H3. The molecule has 3 nitrogen and oxygen atoms in total. The second kappa shape index (κ2) is 4.65. The molecule has 0 saturated heterocycles. The van der Waals surface area contributed by atoms with Gasteiger partial charge in [0, 0.05) is 6.26 Å². The van der Waals surface area contributed by atoms with Crippen molar-refractivity contribution in [3.8, 4) is 0 Å². The molecule has 1 saturated carbocycles. The SMILES string of the molecule is CC1(C)CCCC(O)(CCS(C)(=O)=O)CC1. The molecule has 0 heterocycles. The summed E-state index contributed by atoms with van der Waals surface area (Å²) in [4.78, 5) is 0. The van der Waals surface area contributed by atoms with Crippen LogP contribution in [0.3, 0.4) is 0 Å². The largest absolute Gasteiger partial charge is 0.390 e. The van der Waals surface area contributed by atoms with Crippen LogP contribution >= 0.6 is 0 Å². The Morgan fingerprint density at radius 2 is 1.75 bits per heavy atom. The van der Waals surface area contributed by atoms with Crippen molar-refractivity contribution in [2.24, 2.45) is 5.41 Å². The minimum absolute atomic E-state index is 0.101. The summed E-state index contributed by atoms with van der Waals surface area (Å²) in [7, 11) is -2.96. The maximum absolute atomic E-state index is 11.1. The Morgan fingerprint density at radius 3 is 2.31 bits per heavy atom. The zero-order chi connectivity index (χ0) is 12.4. The van der Waals surface area contributed by atoms with Gasteiger partial charge in [0.1, 0.15) is 9.84 Å². The number of hydrogen-bond acceptors (Lipinski definition) is 3. The van der Waals surface area contributed by atoms with Gasteiger partial charge in [0.05, 0.1) is 11.4 Å². The van der Waals surface area contributed by atoms with Crippen LogP contribution in [0.5, 0.6) is 0 Å². The first-order chi connectivity index (χ1) is 7.12. The maximum Gasteiger partial charge on any atom is 0.147 e. The van der Waals surface area contributed by atoms with Crippen LogP contribution in [-0.4, -0.2) is 31.1 Å². The van der Waals surface area contributed by atoms with E-state index in [0.29, 0.717) is 6.42 Å². The van der Waals surface area contributed by atoms with Gasteiger partial charge >= 0.3 is 0 Å². The van der Waals surface area contributed by atoms with Crippen molar-refractivity contribution < 1.29 is 13.5 Å². The van der Waals surface area contributed by atoms with E-state index < -0.39 is 15.4 Å². The molecular formula is C12H24O3S. The smallest absolute Gasteiger partial charge is 0.147 e. The lowest BCUT2D eigenvalue weighted by atomic mass is 9.84. The average molecular weight is 248 g/mol. The van der Waals surface area contributed by atoms with Crippen molar-refractivity contribution in [1.29, 1.82) is 0 Å². The van der Waals surface area contributed by atoms with Crippen LogP contribution in [-0.2, 0) is 9.84 Å². The highest BCUT2D eigenvalue weighted by atomic mass is 32.2. The third-order valence-electron chi connectivity index (χ3n) is 3.70. The zero-order valence-corrected chi connectivity index (χ0v) is 11.4. The Morgan fingerprint density at radius 1 is 1.12 bits per heavy atom. The predicted molar refractivity (Wildman–Crippen MR) is 66.1 cm³/mol. The Kier molecular flexibility index (Phi) is 4.06. The van der Waals surface area contributed by atoms with Gasteiger partial charge in [0.25, 0.3) is 0 Å². The molecule has 1 atom stereocenters. The highest BCUT2D eigenvalue weighted by Gasteiger charge is 2.34. The topological polar surface area (TPSA) is 54.4 Å². The van der Waals surface area contributed by atoms with E-state index in [2.05, 4.69) is 13.8 Å². The summed E-state index contributed by atoms with van der Waals surface area (Å²) in [6.45, 7) is 4.44. The van der Waals surface area contributed by atoms with Crippen LogP contribution in [0, 0.1) is 5.41 Å². The van der Waals surface area contributed by atoms with Gasteiger partial charge in [-0.2, -0.15) is 0 Å². The summed E-state index contributed by atoms with van der Waals surface area (Å²) >= 11 is 0. The molecule has 0 amide bonds. The van der Waals surface area contributed by atoms with Crippen molar-refractivity contribution in [1.82, 2.24) is 0 Å². The normalized spacial score (nSPS) is 31.0. The summed E-state index contributed by atoms with van der Waals surface area (Å²) in [6, 6.07) is 0. The summed E-state index contributed by atoms with van der Waals surface area (Å²) < 4.78 is 22.2. The first-order valence-corrected chi connectivity index (χ1v) is 8.08. The number of hydrogen-bond donors (Lipinski definition) is 1. The number of aliphatic hydroxyl groups is 1. The lowest BCUT2D eigenvalue weighted by molar-refractivity contribution is 0.0193. The molecule has 1 rings (SSSR count). The Bertz CT molecular complexity index is 332. The molecule has 1 aliphatic rings. The second-order valence-electron chi connectivity index (χ2n) is 6.12. The van der Waals surface area contributed by atoms with Crippen LogP contribution < -0.4 is 0 Å². The van der Waals surface area contributed by atoms with E-state index in [-0.39, 0.29) is 11.2 Å². The number of rotatable bonds is 3. The van der Waals surface area contributed by atoms with Gasteiger partial charge in [0.15, 0.2) is 0 Å². The fraction of sp³-hybridized carbons (Fsp3) is 1.00. The van der Waals surface area contributed by atoms with E-state index in [4.69, 9.17) is 0 Å². The first-order valence-electron chi connectivity index (χ1n) is 6.02. The molecule has 16 heavy (non-hydrogen) atoms. The van der Waals surface area contributed by atoms with Gasteiger partial charge in [0.2, 0.25) is 0 Å². The molecule has 0 aromatic carbocycles. The van der Waals surface area contributed by atoms with E-state index >= 15 is 0 Å². The van der Waals surface area contributed by atoms with E-state index in [0.717, 1.165) is 32.1 Å². The molecule has 0 bridgehead atoms. The van der Waals surface area contributed by atoms with Gasteiger partial charge in [-0.15, -0.1) is 0 Å². The molecule has 0 spiro atoms. The zero-order valence-electron chi connectivity index (χ0n) is 10.6. The minimum Gasteiger partial charge on any atom is -0.390 e. The first kappa shape index (κ1) is 14.0. The molecule has 1 N–H and O–H groups in total. The van der Waals surface area contributed by atoms with E-state index in [9.17, 15) is 13.5 Å². The van der Waals surface area contributed by atoms with E-state index in [1.807, 2.05) is 0 Å². The fourth-order valence-corrected chi connectivity index (χ4v) is 3.09. The molecule has 1 aliphatic carbocycles. The predicted octanol–water partition coefficient (Wildman–Crippen LogP) is 2.14. The van der Waals surface area contributed by atoms with Crippen LogP contribution in [0.15, 0.2) is 0 Å². The van der Waals surface area contributed by atoms with Crippen molar-refractivity contribution in [3.05, 3.63) is 0 Å². The molecule has 0 aliphatic heterocycles. The monoisotopic (exact) mass is 248 g/mol. The fourth-order valence-electron chi connectivity index (χ4n) is 2.34. The molecule has 0 radical (unpaired) electrons. The van der Waals surface area contributed by atoms with Crippen LogP contribution in [0.1, 0.15) is 52.4 Å². The van der Waals surface area contributed by atoms with Crippen molar-refractivity contribution >= 4 is 9.84 Å². The van der Waals surface area contributed by atoms with Gasteiger partial charge in [-0.1, -0.05) is 20.3 Å². The molecule has 1 unspecified atom stereocenters. The van der Waals surface area contributed by atoms with Crippen LogP contribution in [0.25, 0.3) is 0 Å². The average Bonchev–Trinajstić information content (AvgIpc) is 2.23. The van der Waals surface area contributed by atoms with Crippen molar-refractivity contribution in [2.75, 3.05) is 12.0 Å². The summed E-state index contributed by atoms with van der Waals surface area (Å²) in [5.41, 5.74) is -0.466. The lowest BCUT2D eigenvalue weighted by Crippen LogP contribution is -2.30. The molecule has 96 valence electrons. The van der Waals surface area contributed by atoms with Crippen LogP contribution in [0.2, 0.25) is 0 Å². The summed E-state index contributed by atoms with van der Waals surface area (Å²) in [5, 5.41) is 10.4. The molecule has 0 aromatic heterocycles. The van der Waals surface area contributed by atoms with E-state index in [1.165, 1.54) is 6.26 Å². The molecule has 0 aromatic rings. The highest BCUT2D eigenvalue weighted by molar-refractivity contribution is 7.90. The van der Waals surface area contributed by atoms with E-state index in [1.54, 1.807) is 0 Å².